The molecule has 4 rings (SSSR count). The number of aromatic nitrogens is 4. The standard InChI is InChI=1S/C14H19N7/c1-20-7-12(6-16-20)18-14-15-5-4-13(19-14)21-8-10-2-3-11(9-21)17-10/h4-7,10-11,17H,2-3,8-9H2,1H3,(H,15,18,19)/t10-,11?/m0/s1. The van der Waals surface area contributed by atoms with E-state index >= 15 is 0 Å². The molecule has 1 unspecified atom stereocenters. The van der Waals surface area contributed by atoms with Crippen molar-refractivity contribution in [1.82, 2.24) is 25.1 Å². The summed E-state index contributed by atoms with van der Waals surface area (Å²) in [7, 11) is 1.89. The maximum absolute atomic E-state index is 4.64. The molecule has 0 aliphatic carbocycles. The second kappa shape index (κ2) is 5.00. The molecule has 0 radical (unpaired) electrons. The quantitative estimate of drug-likeness (QED) is 0.873. The molecule has 2 aliphatic rings. The summed E-state index contributed by atoms with van der Waals surface area (Å²) in [5.74, 6) is 1.61. The first-order valence-corrected chi connectivity index (χ1v) is 7.36. The van der Waals surface area contributed by atoms with Crippen molar-refractivity contribution in [2.45, 2.75) is 24.9 Å². The maximum atomic E-state index is 4.64. The summed E-state index contributed by atoms with van der Waals surface area (Å²) in [5.41, 5.74) is 0.898. The molecule has 0 saturated carbocycles. The molecule has 2 N–H and O–H groups in total. The summed E-state index contributed by atoms with van der Waals surface area (Å²) in [5, 5.41) is 11.0. The minimum absolute atomic E-state index is 0.605. The van der Waals surface area contributed by atoms with Crippen LogP contribution in [0.5, 0.6) is 0 Å². The van der Waals surface area contributed by atoms with Gasteiger partial charge >= 0.3 is 0 Å². The lowest BCUT2D eigenvalue weighted by atomic mass is 10.2. The zero-order valence-electron chi connectivity index (χ0n) is 12.0. The summed E-state index contributed by atoms with van der Waals surface area (Å²) >= 11 is 0. The van der Waals surface area contributed by atoms with Crippen molar-refractivity contribution < 1.29 is 0 Å². The minimum Gasteiger partial charge on any atom is -0.353 e. The minimum atomic E-state index is 0.605. The fourth-order valence-corrected chi connectivity index (χ4v) is 3.18. The van der Waals surface area contributed by atoms with Crippen molar-refractivity contribution in [3.63, 3.8) is 0 Å². The lowest BCUT2D eigenvalue weighted by Crippen LogP contribution is -2.51. The summed E-state index contributed by atoms with van der Waals surface area (Å²) < 4.78 is 1.75. The third kappa shape index (κ3) is 2.56. The predicted molar refractivity (Wildman–Crippen MR) is 80.7 cm³/mol. The van der Waals surface area contributed by atoms with E-state index in [0.717, 1.165) is 24.6 Å². The van der Waals surface area contributed by atoms with Crippen LogP contribution in [-0.4, -0.2) is 44.9 Å². The van der Waals surface area contributed by atoms with Crippen molar-refractivity contribution in [3.8, 4) is 0 Å². The monoisotopic (exact) mass is 285 g/mol. The second-order valence-electron chi connectivity index (χ2n) is 5.81. The predicted octanol–water partition coefficient (Wildman–Crippen LogP) is 0.894. The van der Waals surface area contributed by atoms with E-state index < -0.39 is 0 Å². The van der Waals surface area contributed by atoms with Gasteiger partial charge in [-0.1, -0.05) is 0 Å². The number of anilines is 3. The van der Waals surface area contributed by atoms with Crippen molar-refractivity contribution in [2.24, 2.45) is 7.05 Å². The van der Waals surface area contributed by atoms with Crippen LogP contribution in [0.4, 0.5) is 17.5 Å². The summed E-state index contributed by atoms with van der Waals surface area (Å²) in [4.78, 5) is 11.3. The van der Waals surface area contributed by atoms with Gasteiger partial charge in [-0.2, -0.15) is 10.1 Å². The van der Waals surface area contributed by atoms with Gasteiger partial charge < -0.3 is 15.5 Å². The largest absolute Gasteiger partial charge is 0.353 e. The van der Waals surface area contributed by atoms with Gasteiger partial charge in [0.05, 0.1) is 11.9 Å². The number of hydrogen-bond donors (Lipinski definition) is 2. The fraction of sp³-hybridized carbons (Fsp3) is 0.500. The van der Waals surface area contributed by atoms with E-state index in [4.69, 9.17) is 0 Å². The highest BCUT2D eigenvalue weighted by Gasteiger charge is 2.32. The van der Waals surface area contributed by atoms with Gasteiger partial charge in [0.15, 0.2) is 0 Å². The third-order valence-electron chi connectivity index (χ3n) is 4.14. The van der Waals surface area contributed by atoms with Gasteiger partial charge in [-0.15, -0.1) is 0 Å². The zero-order valence-corrected chi connectivity index (χ0v) is 12.0. The van der Waals surface area contributed by atoms with Gasteiger partial charge in [0.2, 0.25) is 5.95 Å². The molecule has 110 valence electrons. The molecule has 2 bridgehead atoms. The lowest BCUT2D eigenvalue weighted by Gasteiger charge is -2.33. The van der Waals surface area contributed by atoms with Crippen molar-refractivity contribution in [3.05, 3.63) is 24.7 Å². The molecular weight excluding hydrogens is 266 g/mol. The van der Waals surface area contributed by atoms with E-state index in [1.165, 1.54) is 12.8 Å². The number of hydrogen-bond acceptors (Lipinski definition) is 6. The topological polar surface area (TPSA) is 70.9 Å². The average molecular weight is 285 g/mol. The van der Waals surface area contributed by atoms with Crippen LogP contribution in [0.25, 0.3) is 0 Å². The Morgan fingerprint density at radius 2 is 2.10 bits per heavy atom. The second-order valence-corrected chi connectivity index (χ2v) is 5.81. The van der Waals surface area contributed by atoms with Crippen LogP contribution in [0.2, 0.25) is 0 Å². The van der Waals surface area contributed by atoms with Gasteiger partial charge in [0, 0.05) is 44.6 Å². The molecule has 2 atom stereocenters. The van der Waals surface area contributed by atoms with E-state index in [1.807, 2.05) is 25.5 Å². The van der Waals surface area contributed by atoms with Crippen LogP contribution in [-0.2, 0) is 7.05 Å². The Morgan fingerprint density at radius 1 is 1.29 bits per heavy atom. The molecule has 2 saturated heterocycles. The van der Waals surface area contributed by atoms with Crippen LogP contribution < -0.4 is 15.5 Å². The number of nitrogens with one attached hydrogen (secondary N) is 2. The van der Waals surface area contributed by atoms with Crippen molar-refractivity contribution in [1.29, 1.82) is 0 Å². The maximum Gasteiger partial charge on any atom is 0.229 e. The first-order valence-electron chi connectivity index (χ1n) is 7.36. The number of nitrogens with zero attached hydrogens (tertiary/aromatic N) is 5. The highest BCUT2D eigenvalue weighted by Crippen LogP contribution is 2.24. The first kappa shape index (κ1) is 12.6. The molecule has 0 amide bonds. The fourth-order valence-electron chi connectivity index (χ4n) is 3.18. The number of aryl methyl sites for hydroxylation is 1. The van der Waals surface area contributed by atoms with Gasteiger partial charge in [-0.3, -0.25) is 4.68 Å². The van der Waals surface area contributed by atoms with Crippen molar-refractivity contribution in [2.75, 3.05) is 23.3 Å². The smallest absolute Gasteiger partial charge is 0.229 e. The average Bonchev–Trinajstić information content (AvgIpc) is 3.04. The van der Waals surface area contributed by atoms with E-state index in [9.17, 15) is 0 Å². The van der Waals surface area contributed by atoms with Gasteiger partial charge in [-0.25, -0.2) is 4.98 Å². The zero-order chi connectivity index (χ0) is 14.2. The highest BCUT2D eigenvalue weighted by atomic mass is 15.3. The normalized spacial score (nSPS) is 24.3. The molecular formula is C14H19N7. The van der Waals surface area contributed by atoms with Crippen molar-refractivity contribution >= 4 is 17.5 Å². The molecule has 4 heterocycles. The van der Waals surface area contributed by atoms with E-state index in [1.54, 1.807) is 10.9 Å². The first-order chi connectivity index (χ1) is 10.3. The van der Waals surface area contributed by atoms with Crippen LogP contribution in [0, 0.1) is 0 Å². The van der Waals surface area contributed by atoms with Gasteiger partial charge in [-0.05, 0) is 18.9 Å². The SMILES string of the molecule is Cn1cc(Nc2nccc(N3CC4CC[C@@H](C3)N4)n2)cn1. The molecule has 0 aromatic carbocycles. The molecule has 2 fully saturated rings. The molecule has 21 heavy (non-hydrogen) atoms. The molecule has 0 spiro atoms. The van der Waals surface area contributed by atoms with Gasteiger partial charge in [0.25, 0.3) is 0 Å². The van der Waals surface area contributed by atoms with E-state index in [2.05, 4.69) is 30.6 Å². The Labute approximate surface area is 123 Å². The summed E-state index contributed by atoms with van der Waals surface area (Å²) in [6, 6.07) is 3.20. The molecule has 2 aromatic heterocycles. The molecule has 2 aromatic rings. The van der Waals surface area contributed by atoms with Crippen LogP contribution in [0.1, 0.15) is 12.8 Å². The van der Waals surface area contributed by atoms with Crippen LogP contribution in [0.15, 0.2) is 24.7 Å². The highest BCUT2D eigenvalue weighted by molar-refractivity contribution is 5.53. The third-order valence-corrected chi connectivity index (χ3v) is 4.14. The van der Waals surface area contributed by atoms with Crippen LogP contribution >= 0.6 is 0 Å². The Bertz CT molecular complexity index is 626. The Kier molecular flexibility index (Phi) is 2.99. The summed E-state index contributed by atoms with van der Waals surface area (Å²) in [6.07, 6.45) is 8.02. The lowest BCUT2D eigenvalue weighted by molar-refractivity contribution is 0.463. The molecule has 7 nitrogen and oxygen atoms in total. The Morgan fingerprint density at radius 3 is 2.81 bits per heavy atom. The number of fused-ring (bicyclic) bond motifs is 2. The molecule has 7 heteroatoms. The van der Waals surface area contributed by atoms with Gasteiger partial charge in [0.1, 0.15) is 5.82 Å². The summed E-state index contributed by atoms with van der Waals surface area (Å²) in [6.45, 7) is 2.06. The number of rotatable bonds is 3. The van der Waals surface area contributed by atoms with E-state index in [-0.39, 0.29) is 0 Å². The Hall–Kier alpha value is -2.15. The molecule has 2 aliphatic heterocycles. The van der Waals surface area contributed by atoms with E-state index in [0.29, 0.717) is 18.0 Å². The van der Waals surface area contributed by atoms with Crippen LogP contribution in [0.3, 0.4) is 0 Å². The number of piperazine rings is 1. The Balaban J connectivity index is 1.52.